The lowest BCUT2D eigenvalue weighted by Crippen LogP contribution is -2.32. The molecule has 1 aliphatic heterocycles. The maximum atomic E-state index is 13.3. The van der Waals surface area contributed by atoms with Crippen LogP contribution in [0.1, 0.15) is 97.1 Å². The summed E-state index contributed by atoms with van der Waals surface area (Å²) in [4.78, 5) is 14.5. The molecule has 3 aromatic rings. The van der Waals surface area contributed by atoms with E-state index >= 15 is 0 Å². The van der Waals surface area contributed by atoms with Crippen LogP contribution in [0.15, 0.2) is 40.6 Å². The molecule has 2 heterocycles. The zero-order chi connectivity index (χ0) is 28.2. The summed E-state index contributed by atoms with van der Waals surface area (Å²) in [7, 11) is -3.91. The summed E-state index contributed by atoms with van der Waals surface area (Å²) in [6.45, 7) is 9.92. The van der Waals surface area contributed by atoms with Gasteiger partial charge in [0.05, 0.1) is 19.6 Å². The van der Waals surface area contributed by atoms with Crippen LogP contribution in [0.2, 0.25) is 0 Å². The monoisotopic (exact) mass is 577 g/mol. The molecule has 0 unspecified atom stereocenters. The molecule has 3 aliphatic rings. The molecular formula is C33H39NO4S2. The normalized spacial score (nSPS) is 17.6. The minimum Gasteiger partial charge on any atom is -0.376 e. The van der Waals surface area contributed by atoms with E-state index in [4.69, 9.17) is 4.74 Å². The Morgan fingerprint density at radius 2 is 1.65 bits per heavy atom. The third-order valence-corrected chi connectivity index (χ3v) is 12.1. The van der Waals surface area contributed by atoms with Crippen LogP contribution in [0.25, 0.3) is 11.1 Å². The first-order valence-electron chi connectivity index (χ1n) is 14.6. The van der Waals surface area contributed by atoms with Crippen molar-refractivity contribution >= 4 is 27.3 Å². The van der Waals surface area contributed by atoms with Crippen molar-refractivity contribution in [3.8, 4) is 11.1 Å². The fraction of sp³-hybridized carbons (Fsp3) is 0.485. The van der Waals surface area contributed by atoms with Crippen LogP contribution in [-0.2, 0) is 51.8 Å². The van der Waals surface area contributed by atoms with Crippen molar-refractivity contribution in [1.29, 1.82) is 0 Å². The molecule has 5 nitrogen and oxygen atoms in total. The molecule has 0 radical (unpaired) electrons. The Balaban J connectivity index is 1.27. The third kappa shape index (κ3) is 5.40. The fourth-order valence-electron chi connectivity index (χ4n) is 6.47. The molecule has 0 saturated heterocycles. The number of fused-ring (bicyclic) bond motifs is 2. The van der Waals surface area contributed by atoms with E-state index in [0.29, 0.717) is 12.0 Å². The van der Waals surface area contributed by atoms with Gasteiger partial charge in [-0.15, -0.1) is 11.3 Å². The summed E-state index contributed by atoms with van der Waals surface area (Å²) < 4.78 is 34.9. The Labute approximate surface area is 242 Å². The van der Waals surface area contributed by atoms with E-state index < -0.39 is 15.9 Å². The Kier molecular flexibility index (Phi) is 7.21. The molecule has 1 saturated carbocycles. The molecule has 40 heavy (non-hydrogen) atoms. The topological polar surface area (TPSA) is 72.5 Å². The summed E-state index contributed by atoms with van der Waals surface area (Å²) in [5.74, 6) is -0.124. The van der Waals surface area contributed by atoms with E-state index in [1.54, 1.807) is 0 Å². The maximum Gasteiger partial charge on any atom is 0.273 e. The zero-order valence-electron chi connectivity index (χ0n) is 23.9. The van der Waals surface area contributed by atoms with Crippen LogP contribution in [0.5, 0.6) is 0 Å². The van der Waals surface area contributed by atoms with Crippen molar-refractivity contribution in [2.75, 3.05) is 6.61 Å². The first-order chi connectivity index (χ1) is 19.0. The average Bonchev–Trinajstić information content (AvgIpc) is 3.51. The van der Waals surface area contributed by atoms with Crippen LogP contribution >= 0.6 is 11.3 Å². The van der Waals surface area contributed by atoms with Gasteiger partial charge >= 0.3 is 0 Å². The predicted molar refractivity (Wildman–Crippen MR) is 160 cm³/mol. The highest BCUT2D eigenvalue weighted by atomic mass is 32.2. The number of rotatable bonds is 7. The summed E-state index contributed by atoms with van der Waals surface area (Å²) in [6, 6.07) is 12.8. The highest BCUT2D eigenvalue weighted by molar-refractivity contribution is 7.92. The lowest BCUT2D eigenvalue weighted by Gasteiger charge is -2.23. The van der Waals surface area contributed by atoms with Gasteiger partial charge in [-0.3, -0.25) is 4.79 Å². The van der Waals surface area contributed by atoms with Crippen molar-refractivity contribution in [2.24, 2.45) is 5.41 Å². The smallest absolute Gasteiger partial charge is 0.273 e. The molecular weight excluding hydrogens is 539 g/mol. The number of amides is 1. The molecule has 7 heteroatoms. The molecule has 0 bridgehead atoms. The number of aryl methyl sites for hydroxylation is 1. The number of carbonyl (C=O) groups excluding carboxylic acids is 1. The van der Waals surface area contributed by atoms with Crippen LogP contribution in [0.3, 0.4) is 0 Å². The third-order valence-electron chi connectivity index (χ3n) is 9.01. The molecule has 1 spiro atoms. The van der Waals surface area contributed by atoms with Gasteiger partial charge in [-0.2, -0.15) is 0 Å². The molecule has 2 aromatic carbocycles. The second-order valence-corrected chi connectivity index (χ2v) is 15.7. The molecule has 1 fully saturated rings. The molecule has 1 N–H and O–H groups in total. The predicted octanol–water partition coefficient (Wildman–Crippen LogP) is 7.05. The number of ether oxygens (including phenoxy) is 1. The Morgan fingerprint density at radius 1 is 0.925 bits per heavy atom. The van der Waals surface area contributed by atoms with Crippen molar-refractivity contribution in [1.82, 2.24) is 4.72 Å². The van der Waals surface area contributed by atoms with E-state index in [-0.39, 0.29) is 22.5 Å². The van der Waals surface area contributed by atoms with E-state index in [1.807, 2.05) is 6.07 Å². The largest absolute Gasteiger partial charge is 0.376 e. The second kappa shape index (κ2) is 10.4. The van der Waals surface area contributed by atoms with E-state index in [9.17, 15) is 13.2 Å². The van der Waals surface area contributed by atoms with Gasteiger partial charge in [0.1, 0.15) is 4.21 Å². The highest BCUT2D eigenvalue weighted by Gasteiger charge is 2.45. The van der Waals surface area contributed by atoms with Gasteiger partial charge in [0.15, 0.2) is 0 Å². The Bertz CT molecular complexity index is 1550. The number of sulfonamides is 1. The van der Waals surface area contributed by atoms with Crippen LogP contribution in [0.4, 0.5) is 0 Å². The molecule has 0 atom stereocenters. The molecule has 2 aliphatic carbocycles. The minimum absolute atomic E-state index is 0.0345. The minimum atomic E-state index is -3.91. The molecule has 1 aromatic heterocycles. The summed E-state index contributed by atoms with van der Waals surface area (Å²) in [6.07, 6.45) is 6.54. The molecule has 212 valence electrons. The van der Waals surface area contributed by atoms with Gasteiger partial charge in [-0.1, -0.05) is 52.0 Å². The summed E-state index contributed by atoms with van der Waals surface area (Å²) in [5, 5.41) is 0. The summed E-state index contributed by atoms with van der Waals surface area (Å²) in [5.41, 5.74) is 9.52. The number of hydrogen-bond acceptors (Lipinski definition) is 5. The second-order valence-electron chi connectivity index (χ2n) is 12.6. The van der Waals surface area contributed by atoms with Crippen molar-refractivity contribution in [2.45, 2.75) is 95.3 Å². The van der Waals surface area contributed by atoms with Crippen LogP contribution < -0.4 is 4.72 Å². The van der Waals surface area contributed by atoms with Gasteiger partial charge in [0.2, 0.25) is 5.91 Å². The van der Waals surface area contributed by atoms with Crippen LogP contribution in [-0.4, -0.2) is 20.9 Å². The standard InChI is InChI=1S/C33H39NO4S2/c1-20(2)27-14-24(23-6-5-22-8-12-38-19-26(22)13-23)15-28(21(3)4)29(27)17-31(35)34-40(36,37)32-16-25-18-33(10-11-33)9-7-30(25)39-32/h5-6,13-16,20-21H,7-12,17-19H2,1-4H3,(H,34,35). The SMILES string of the molecule is CC(C)c1cc(-c2ccc3c(c2)COCC3)cc(C(C)C)c1CC(=O)NS(=O)(=O)c1cc2c(s1)CCC1(CC1)C2. The van der Waals surface area contributed by atoms with E-state index in [1.165, 1.54) is 40.2 Å². The van der Waals surface area contributed by atoms with E-state index in [2.05, 4.69) is 62.7 Å². The van der Waals surface area contributed by atoms with Crippen LogP contribution in [0, 0.1) is 5.41 Å². The Morgan fingerprint density at radius 3 is 2.33 bits per heavy atom. The maximum absolute atomic E-state index is 13.3. The van der Waals surface area contributed by atoms with Gasteiger partial charge in [0, 0.05) is 4.88 Å². The fourth-order valence-corrected chi connectivity index (χ4v) is 9.02. The van der Waals surface area contributed by atoms with Gasteiger partial charge in [0.25, 0.3) is 10.0 Å². The highest BCUT2D eigenvalue weighted by Crippen LogP contribution is 2.55. The number of benzene rings is 2. The lowest BCUT2D eigenvalue weighted by molar-refractivity contribution is -0.118. The number of nitrogens with one attached hydrogen (secondary N) is 1. The molecule has 1 amide bonds. The number of carbonyl (C=O) groups is 1. The van der Waals surface area contributed by atoms with Crippen molar-refractivity contribution in [3.63, 3.8) is 0 Å². The van der Waals surface area contributed by atoms with Crippen molar-refractivity contribution < 1.29 is 17.9 Å². The first kappa shape index (κ1) is 27.7. The number of hydrogen-bond donors (Lipinski definition) is 1. The van der Waals surface area contributed by atoms with Crippen molar-refractivity contribution in [3.05, 3.63) is 74.7 Å². The zero-order valence-corrected chi connectivity index (χ0v) is 25.6. The van der Waals surface area contributed by atoms with Gasteiger partial charge in [-0.25, -0.2) is 13.1 Å². The van der Waals surface area contributed by atoms with E-state index in [0.717, 1.165) is 65.7 Å². The Hall–Kier alpha value is -2.48. The quantitative estimate of drug-likeness (QED) is 0.327. The van der Waals surface area contributed by atoms with Gasteiger partial charge in [-0.05, 0) is 112 Å². The van der Waals surface area contributed by atoms with Gasteiger partial charge < -0.3 is 4.74 Å². The number of thiophene rings is 1. The molecule has 6 rings (SSSR count). The lowest BCUT2D eigenvalue weighted by atomic mass is 9.83. The average molecular weight is 578 g/mol. The first-order valence-corrected chi connectivity index (χ1v) is 16.9. The summed E-state index contributed by atoms with van der Waals surface area (Å²) >= 11 is 1.33.